The van der Waals surface area contributed by atoms with Crippen LogP contribution in [0, 0.1) is 0 Å². The van der Waals surface area contributed by atoms with E-state index < -0.39 is 0 Å². The van der Waals surface area contributed by atoms with Gasteiger partial charge in [0.25, 0.3) is 0 Å². The maximum Gasteiger partial charge on any atom is 0.239 e. The molecule has 0 atom stereocenters. The molecular weight excluding hydrogens is 216 g/mol. The van der Waals surface area contributed by atoms with E-state index in [1.807, 2.05) is 31.7 Å². The molecule has 0 fully saturated rings. The molecule has 0 saturated carbocycles. The summed E-state index contributed by atoms with van der Waals surface area (Å²) in [4.78, 5) is 17.6. The van der Waals surface area contributed by atoms with Crippen molar-refractivity contribution in [3.63, 3.8) is 0 Å². The molecule has 0 aliphatic rings. The third kappa shape index (κ3) is 4.30. The predicted octanol–water partition coefficient (Wildman–Crippen LogP) is 1.01. The highest BCUT2D eigenvalue weighted by atomic mass is 16.2. The van der Waals surface area contributed by atoms with Crippen molar-refractivity contribution in [2.75, 3.05) is 23.7 Å². The molecule has 0 radical (unpaired) electrons. The third-order valence-electron chi connectivity index (χ3n) is 2.28. The van der Waals surface area contributed by atoms with Crippen LogP contribution in [0.1, 0.15) is 20.8 Å². The number of likely N-dealkylation sites (N-methyl/N-ethyl adjacent to an activating group) is 1. The van der Waals surface area contributed by atoms with Crippen LogP contribution < -0.4 is 16.0 Å². The number of carbonyl (C=O) groups excluding carboxylic acids is 1. The SMILES string of the molecule is CCN(CC(=O)NC(C)C)c1cncc(N)c1. The van der Waals surface area contributed by atoms with Crippen molar-refractivity contribution in [2.45, 2.75) is 26.8 Å². The molecule has 5 heteroatoms. The highest BCUT2D eigenvalue weighted by Gasteiger charge is 2.11. The highest BCUT2D eigenvalue weighted by molar-refractivity contribution is 5.81. The van der Waals surface area contributed by atoms with Crippen LogP contribution in [0.25, 0.3) is 0 Å². The van der Waals surface area contributed by atoms with Crippen molar-refractivity contribution in [1.29, 1.82) is 0 Å². The van der Waals surface area contributed by atoms with Gasteiger partial charge in [0, 0.05) is 18.8 Å². The average molecular weight is 236 g/mol. The number of hydrogen-bond acceptors (Lipinski definition) is 4. The van der Waals surface area contributed by atoms with Gasteiger partial charge in [-0.3, -0.25) is 9.78 Å². The Morgan fingerprint density at radius 2 is 2.24 bits per heavy atom. The summed E-state index contributed by atoms with van der Waals surface area (Å²) in [7, 11) is 0. The lowest BCUT2D eigenvalue weighted by atomic mass is 10.3. The molecule has 0 aliphatic heterocycles. The van der Waals surface area contributed by atoms with E-state index in [-0.39, 0.29) is 11.9 Å². The van der Waals surface area contributed by atoms with E-state index >= 15 is 0 Å². The van der Waals surface area contributed by atoms with Crippen molar-refractivity contribution in [3.05, 3.63) is 18.5 Å². The van der Waals surface area contributed by atoms with Gasteiger partial charge in [-0.15, -0.1) is 0 Å². The van der Waals surface area contributed by atoms with Gasteiger partial charge in [-0.1, -0.05) is 0 Å². The number of hydrogen-bond donors (Lipinski definition) is 2. The summed E-state index contributed by atoms with van der Waals surface area (Å²) in [5, 5.41) is 2.86. The lowest BCUT2D eigenvalue weighted by Crippen LogP contribution is -2.40. The van der Waals surface area contributed by atoms with Gasteiger partial charge in [-0.05, 0) is 26.8 Å². The average Bonchev–Trinajstić information content (AvgIpc) is 2.24. The Bertz CT molecular complexity index is 379. The van der Waals surface area contributed by atoms with Crippen molar-refractivity contribution >= 4 is 17.3 Å². The topological polar surface area (TPSA) is 71.2 Å². The summed E-state index contributed by atoms with van der Waals surface area (Å²) >= 11 is 0. The van der Waals surface area contributed by atoms with E-state index in [1.54, 1.807) is 12.4 Å². The Balaban J connectivity index is 2.69. The summed E-state index contributed by atoms with van der Waals surface area (Å²) in [5.74, 6) is 0.00396. The first kappa shape index (κ1) is 13.3. The van der Waals surface area contributed by atoms with Crippen LogP contribution in [0.2, 0.25) is 0 Å². The van der Waals surface area contributed by atoms with Crippen molar-refractivity contribution < 1.29 is 4.79 Å². The number of aromatic nitrogens is 1. The van der Waals surface area contributed by atoms with Crippen LogP contribution in [0.5, 0.6) is 0 Å². The van der Waals surface area contributed by atoms with Crippen LogP contribution >= 0.6 is 0 Å². The second-order valence-corrected chi connectivity index (χ2v) is 4.21. The minimum Gasteiger partial charge on any atom is -0.397 e. The summed E-state index contributed by atoms with van der Waals surface area (Å²) in [6.45, 7) is 6.93. The molecule has 3 N–H and O–H groups in total. The molecule has 5 nitrogen and oxygen atoms in total. The largest absolute Gasteiger partial charge is 0.397 e. The van der Waals surface area contributed by atoms with Crippen LogP contribution in [0.15, 0.2) is 18.5 Å². The molecule has 17 heavy (non-hydrogen) atoms. The molecule has 0 spiro atoms. The summed E-state index contributed by atoms with van der Waals surface area (Å²) < 4.78 is 0. The lowest BCUT2D eigenvalue weighted by molar-refractivity contribution is -0.120. The van der Waals surface area contributed by atoms with E-state index in [0.29, 0.717) is 12.2 Å². The van der Waals surface area contributed by atoms with Gasteiger partial charge in [0.2, 0.25) is 5.91 Å². The van der Waals surface area contributed by atoms with E-state index in [9.17, 15) is 4.79 Å². The Hall–Kier alpha value is -1.78. The molecule has 0 aromatic carbocycles. The number of nitrogens with one attached hydrogen (secondary N) is 1. The normalized spacial score (nSPS) is 10.4. The molecule has 1 aromatic heterocycles. The molecule has 0 bridgehead atoms. The number of nitrogens with zero attached hydrogens (tertiary/aromatic N) is 2. The van der Waals surface area contributed by atoms with Gasteiger partial charge in [-0.2, -0.15) is 0 Å². The second-order valence-electron chi connectivity index (χ2n) is 4.21. The fraction of sp³-hybridized carbons (Fsp3) is 0.500. The number of amides is 1. The van der Waals surface area contributed by atoms with Crippen molar-refractivity contribution in [3.8, 4) is 0 Å². The van der Waals surface area contributed by atoms with Gasteiger partial charge in [0.05, 0.1) is 24.1 Å². The monoisotopic (exact) mass is 236 g/mol. The molecule has 1 aromatic rings. The minimum atomic E-state index is 0.00396. The summed E-state index contributed by atoms with van der Waals surface area (Å²) in [5.41, 5.74) is 7.14. The fourth-order valence-electron chi connectivity index (χ4n) is 1.54. The number of carbonyl (C=O) groups is 1. The van der Waals surface area contributed by atoms with Gasteiger partial charge in [-0.25, -0.2) is 0 Å². The van der Waals surface area contributed by atoms with E-state index in [2.05, 4.69) is 10.3 Å². The van der Waals surface area contributed by atoms with Crippen LogP contribution in [0.4, 0.5) is 11.4 Å². The second kappa shape index (κ2) is 6.08. The zero-order valence-electron chi connectivity index (χ0n) is 10.6. The first-order chi connectivity index (χ1) is 8.02. The number of nitrogen functional groups attached to an aromatic ring is 1. The molecule has 0 unspecified atom stereocenters. The van der Waals surface area contributed by atoms with E-state index in [1.165, 1.54) is 0 Å². The number of rotatable bonds is 5. The summed E-state index contributed by atoms with van der Waals surface area (Å²) in [6, 6.07) is 1.97. The van der Waals surface area contributed by atoms with Gasteiger partial charge >= 0.3 is 0 Å². The molecular formula is C12H20N4O. The Morgan fingerprint density at radius 3 is 2.76 bits per heavy atom. The van der Waals surface area contributed by atoms with Gasteiger partial charge in [0.15, 0.2) is 0 Å². The molecule has 94 valence electrons. The maximum atomic E-state index is 11.7. The summed E-state index contributed by atoms with van der Waals surface area (Å²) in [6.07, 6.45) is 3.30. The Kier molecular flexibility index (Phi) is 4.75. The van der Waals surface area contributed by atoms with Gasteiger partial charge < -0.3 is 16.0 Å². The molecule has 1 amide bonds. The first-order valence-electron chi connectivity index (χ1n) is 5.77. The van der Waals surface area contributed by atoms with E-state index in [0.717, 1.165) is 12.2 Å². The van der Waals surface area contributed by atoms with E-state index in [4.69, 9.17) is 5.73 Å². The number of anilines is 2. The molecule has 0 aliphatic carbocycles. The highest BCUT2D eigenvalue weighted by Crippen LogP contribution is 2.14. The number of pyridine rings is 1. The minimum absolute atomic E-state index is 0.00396. The van der Waals surface area contributed by atoms with Crippen LogP contribution in [-0.2, 0) is 4.79 Å². The third-order valence-corrected chi connectivity index (χ3v) is 2.28. The maximum absolute atomic E-state index is 11.7. The van der Waals surface area contributed by atoms with Gasteiger partial charge in [0.1, 0.15) is 0 Å². The smallest absolute Gasteiger partial charge is 0.239 e. The predicted molar refractivity (Wildman–Crippen MR) is 69.8 cm³/mol. The number of nitrogens with two attached hydrogens (primary N) is 1. The standard InChI is InChI=1S/C12H20N4O/c1-4-16(8-12(17)15-9(2)3)11-5-10(13)6-14-7-11/h5-7,9H,4,8,13H2,1-3H3,(H,15,17). The van der Waals surface area contributed by atoms with Crippen molar-refractivity contribution in [2.24, 2.45) is 0 Å². The molecule has 1 rings (SSSR count). The fourth-order valence-corrected chi connectivity index (χ4v) is 1.54. The zero-order valence-corrected chi connectivity index (χ0v) is 10.6. The van der Waals surface area contributed by atoms with Crippen LogP contribution in [0.3, 0.4) is 0 Å². The lowest BCUT2D eigenvalue weighted by Gasteiger charge is -2.22. The molecule has 0 saturated heterocycles. The van der Waals surface area contributed by atoms with Crippen molar-refractivity contribution in [1.82, 2.24) is 10.3 Å². The van der Waals surface area contributed by atoms with Crippen LogP contribution in [-0.4, -0.2) is 30.0 Å². The Labute approximate surface area is 102 Å². The Morgan fingerprint density at radius 1 is 1.53 bits per heavy atom. The first-order valence-corrected chi connectivity index (χ1v) is 5.77. The molecule has 1 heterocycles. The quantitative estimate of drug-likeness (QED) is 0.800. The zero-order chi connectivity index (χ0) is 12.8.